The van der Waals surface area contributed by atoms with Gasteiger partial charge < -0.3 is 4.74 Å². The molecule has 0 aromatic heterocycles. The predicted molar refractivity (Wildman–Crippen MR) is 81.1 cm³/mol. The molecule has 0 aliphatic rings. The predicted octanol–water partition coefficient (Wildman–Crippen LogP) is 4.14. The van der Waals surface area contributed by atoms with Crippen LogP contribution in [-0.4, -0.2) is 12.4 Å². The normalized spacial score (nSPS) is 10.7. The van der Waals surface area contributed by atoms with Gasteiger partial charge in [-0.05, 0) is 41.3 Å². The molecule has 0 amide bonds. The van der Waals surface area contributed by atoms with Gasteiger partial charge in [-0.25, -0.2) is 4.39 Å². The first-order chi connectivity index (χ1) is 10.0. The highest BCUT2D eigenvalue weighted by Crippen LogP contribution is 2.18. The summed E-state index contributed by atoms with van der Waals surface area (Å²) in [4.78, 5) is 11.8. The number of carbonyl (C=O) groups excluding carboxylic acids is 1. The van der Waals surface area contributed by atoms with E-state index in [0.29, 0.717) is 11.7 Å². The van der Waals surface area contributed by atoms with Crippen LogP contribution in [0.1, 0.15) is 30.9 Å². The first kappa shape index (κ1) is 15.2. The van der Waals surface area contributed by atoms with Crippen molar-refractivity contribution < 1.29 is 13.9 Å². The highest BCUT2D eigenvalue weighted by atomic mass is 19.1. The lowest BCUT2D eigenvalue weighted by Gasteiger charge is -2.08. The van der Waals surface area contributed by atoms with Crippen LogP contribution in [-0.2, 0) is 11.2 Å². The number of carbonyl (C=O) groups is 1. The largest absolute Gasteiger partial charge is 0.486 e. The Morgan fingerprint density at radius 3 is 2.24 bits per heavy atom. The van der Waals surface area contributed by atoms with Crippen LogP contribution in [0.25, 0.3) is 0 Å². The molecule has 0 spiro atoms. The van der Waals surface area contributed by atoms with Crippen molar-refractivity contribution >= 4 is 5.78 Å². The fourth-order valence-electron chi connectivity index (χ4n) is 1.99. The van der Waals surface area contributed by atoms with E-state index in [-0.39, 0.29) is 24.6 Å². The Hall–Kier alpha value is -2.16. The van der Waals surface area contributed by atoms with Crippen molar-refractivity contribution in [1.82, 2.24) is 0 Å². The number of hydrogen-bond acceptors (Lipinski definition) is 2. The van der Waals surface area contributed by atoms with E-state index in [2.05, 4.69) is 13.8 Å². The molecule has 0 aliphatic heterocycles. The second kappa shape index (κ2) is 7.02. The lowest BCUT2D eigenvalue weighted by atomic mass is 10.0. The molecule has 2 rings (SSSR count). The molecule has 0 saturated heterocycles. The number of rotatable bonds is 6. The van der Waals surface area contributed by atoms with Gasteiger partial charge in [-0.3, -0.25) is 4.79 Å². The van der Waals surface area contributed by atoms with Gasteiger partial charge in [0, 0.05) is 6.42 Å². The first-order valence-corrected chi connectivity index (χ1v) is 7.03. The Kier molecular flexibility index (Phi) is 5.09. The molecule has 2 nitrogen and oxygen atoms in total. The minimum atomic E-state index is -0.298. The average molecular weight is 286 g/mol. The maximum absolute atomic E-state index is 12.8. The van der Waals surface area contributed by atoms with Gasteiger partial charge in [0.2, 0.25) is 0 Å². The third-order valence-electron chi connectivity index (χ3n) is 3.26. The van der Waals surface area contributed by atoms with Crippen molar-refractivity contribution in [2.24, 2.45) is 0 Å². The second-order valence-electron chi connectivity index (χ2n) is 5.35. The molecule has 2 aromatic carbocycles. The van der Waals surface area contributed by atoms with Gasteiger partial charge in [-0.15, -0.1) is 0 Å². The molecule has 0 fully saturated rings. The quantitative estimate of drug-likeness (QED) is 0.797. The van der Waals surface area contributed by atoms with E-state index in [1.807, 2.05) is 24.3 Å². The van der Waals surface area contributed by atoms with E-state index in [9.17, 15) is 9.18 Å². The molecule has 0 saturated carbocycles. The molecule has 2 aromatic rings. The van der Waals surface area contributed by atoms with Gasteiger partial charge >= 0.3 is 0 Å². The Morgan fingerprint density at radius 1 is 1.05 bits per heavy atom. The van der Waals surface area contributed by atoms with Crippen LogP contribution in [0.3, 0.4) is 0 Å². The SMILES string of the molecule is CC(C)c1ccc(OCC(=O)Cc2ccc(F)cc2)cc1. The molecule has 0 N–H and O–H groups in total. The number of ketones is 1. The minimum Gasteiger partial charge on any atom is -0.486 e. The fraction of sp³-hybridized carbons (Fsp3) is 0.278. The minimum absolute atomic E-state index is 0.0262. The van der Waals surface area contributed by atoms with Crippen LogP contribution in [0, 0.1) is 5.82 Å². The molecule has 110 valence electrons. The third kappa shape index (κ3) is 4.71. The Morgan fingerprint density at radius 2 is 1.67 bits per heavy atom. The van der Waals surface area contributed by atoms with Crippen LogP contribution in [0.2, 0.25) is 0 Å². The van der Waals surface area contributed by atoms with Crippen LogP contribution in [0.4, 0.5) is 4.39 Å². The van der Waals surface area contributed by atoms with Crippen molar-refractivity contribution in [2.75, 3.05) is 6.61 Å². The summed E-state index contributed by atoms with van der Waals surface area (Å²) in [5.41, 5.74) is 2.03. The van der Waals surface area contributed by atoms with E-state index in [1.54, 1.807) is 12.1 Å². The molecule has 3 heteroatoms. The summed E-state index contributed by atoms with van der Waals surface area (Å²) in [6.45, 7) is 4.28. The zero-order valence-corrected chi connectivity index (χ0v) is 12.3. The maximum Gasteiger partial charge on any atom is 0.174 e. The molecule has 0 heterocycles. The van der Waals surface area contributed by atoms with Crippen LogP contribution in [0.5, 0.6) is 5.75 Å². The topological polar surface area (TPSA) is 26.3 Å². The highest BCUT2D eigenvalue weighted by Gasteiger charge is 2.06. The van der Waals surface area contributed by atoms with E-state index < -0.39 is 0 Å². The van der Waals surface area contributed by atoms with Crippen molar-refractivity contribution in [3.63, 3.8) is 0 Å². The van der Waals surface area contributed by atoms with Gasteiger partial charge in [-0.1, -0.05) is 38.1 Å². The van der Waals surface area contributed by atoms with E-state index in [4.69, 9.17) is 4.74 Å². The molecular weight excluding hydrogens is 267 g/mol. The van der Waals surface area contributed by atoms with Gasteiger partial charge in [0.25, 0.3) is 0 Å². The molecule has 0 radical (unpaired) electrons. The smallest absolute Gasteiger partial charge is 0.174 e. The number of benzene rings is 2. The van der Waals surface area contributed by atoms with Crippen LogP contribution < -0.4 is 4.74 Å². The number of Topliss-reactive ketones (excluding diaryl/α,β-unsaturated/α-hetero) is 1. The highest BCUT2D eigenvalue weighted by molar-refractivity contribution is 5.82. The zero-order chi connectivity index (χ0) is 15.2. The second-order valence-corrected chi connectivity index (χ2v) is 5.35. The van der Waals surface area contributed by atoms with Gasteiger partial charge in [0.15, 0.2) is 5.78 Å². The summed E-state index contributed by atoms with van der Waals surface area (Å²) < 4.78 is 18.2. The first-order valence-electron chi connectivity index (χ1n) is 7.03. The standard InChI is InChI=1S/C18H19FO2/c1-13(2)15-5-9-18(10-6-15)21-12-17(20)11-14-3-7-16(19)8-4-14/h3-10,13H,11-12H2,1-2H3. The molecule has 0 bridgehead atoms. The number of ether oxygens (including phenoxy) is 1. The Bertz CT molecular complexity index is 586. The number of hydrogen-bond donors (Lipinski definition) is 0. The maximum atomic E-state index is 12.8. The van der Waals surface area contributed by atoms with Crippen LogP contribution >= 0.6 is 0 Å². The van der Waals surface area contributed by atoms with Gasteiger partial charge in [0.05, 0.1) is 0 Å². The average Bonchev–Trinajstić information content (AvgIpc) is 2.48. The summed E-state index contributed by atoms with van der Waals surface area (Å²) in [7, 11) is 0. The lowest BCUT2D eigenvalue weighted by molar-refractivity contribution is -0.120. The molecule has 21 heavy (non-hydrogen) atoms. The summed E-state index contributed by atoms with van der Waals surface area (Å²) in [6.07, 6.45) is 0.254. The van der Waals surface area contributed by atoms with Crippen molar-refractivity contribution in [3.8, 4) is 5.75 Å². The van der Waals surface area contributed by atoms with E-state index in [1.165, 1.54) is 17.7 Å². The summed E-state index contributed by atoms with van der Waals surface area (Å²) >= 11 is 0. The van der Waals surface area contributed by atoms with Crippen LogP contribution in [0.15, 0.2) is 48.5 Å². The summed E-state index contributed by atoms with van der Waals surface area (Å²) in [5.74, 6) is 0.827. The molecule has 0 unspecified atom stereocenters. The summed E-state index contributed by atoms with van der Waals surface area (Å²) in [6, 6.07) is 13.7. The third-order valence-corrected chi connectivity index (χ3v) is 3.26. The van der Waals surface area contributed by atoms with E-state index >= 15 is 0 Å². The van der Waals surface area contributed by atoms with Crippen molar-refractivity contribution in [2.45, 2.75) is 26.2 Å². The fourth-order valence-corrected chi connectivity index (χ4v) is 1.99. The lowest BCUT2D eigenvalue weighted by Crippen LogP contribution is -2.13. The monoisotopic (exact) mass is 286 g/mol. The molecule has 0 atom stereocenters. The van der Waals surface area contributed by atoms with Gasteiger partial charge in [0.1, 0.15) is 18.2 Å². The van der Waals surface area contributed by atoms with Crippen molar-refractivity contribution in [1.29, 1.82) is 0 Å². The van der Waals surface area contributed by atoms with E-state index in [0.717, 1.165) is 5.56 Å². The molecular formula is C18H19FO2. The Labute approximate surface area is 124 Å². The summed E-state index contributed by atoms with van der Waals surface area (Å²) in [5, 5.41) is 0. The zero-order valence-electron chi connectivity index (χ0n) is 12.3. The number of halogens is 1. The Balaban J connectivity index is 1.84. The molecule has 0 aliphatic carbocycles. The van der Waals surface area contributed by atoms with Crippen molar-refractivity contribution in [3.05, 3.63) is 65.5 Å². The van der Waals surface area contributed by atoms with Gasteiger partial charge in [-0.2, -0.15) is 0 Å².